The van der Waals surface area contributed by atoms with Crippen LogP contribution in [0.3, 0.4) is 0 Å². The zero-order chi connectivity index (χ0) is 16.4. The largest absolute Gasteiger partial charge is 0.354 e. The fourth-order valence-corrected chi connectivity index (χ4v) is 3.02. The second-order valence-corrected chi connectivity index (χ2v) is 6.07. The Morgan fingerprint density at radius 1 is 0.583 bits per heavy atom. The lowest BCUT2D eigenvalue weighted by Crippen LogP contribution is -1.83. The monoisotopic (exact) mass is 309 g/mol. The van der Waals surface area contributed by atoms with E-state index in [1.54, 1.807) is 0 Å². The number of H-pyrrole nitrogens is 1. The maximum absolute atomic E-state index is 3.63. The molecule has 116 valence electrons. The van der Waals surface area contributed by atoms with Gasteiger partial charge in [0.2, 0.25) is 0 Å². The first-order chi connectivity index (χ1) is 11.8. The first-order valence-corrected chi connectivity index (χ1v) is 8.22. The average Bonchev–Trinajstić information content (AvgIpc) is 3.09. The zero-order valence-electron chi connectivity index (χ0n) is 13.7. The second-order valence-electron chi connectivity index (χ2n) is 6.07. The predicted molar refractivity (Wildman–Crippen MR) is 102 cm³/mol. The summed E-state index contributed by atoms with van der Waals surface area (Å²) in [7, 11) is 0. The molecule has 24 heavy (non-hydrogen) atoms. The topological polar surface area (TPSA) is 15.8 Å². The van der Waals surface area contributed by atoms with Crippen LogP contribution in [-0.2, 0) is 0 Å². The molecule has 1 N–H and O–H groups in total. The molecule has 1 heterocycles. The number of nitrogens with one attached hydrogen (secondary N) is 1. The lowest BCUT2D eigenvalue weighted by molar-refractivity contribution is 1.39. The maximum atomic E-state index is 3.63. The van der Waals surface area contributed by atoms with Crippen molar-refractivity contribution >= 4 is 0 Å². The molecule has 1 nitrogen and oxygen atoms in total. The molecule has 0 unspecified atom stereocenters. The van der Waals surface area contributed by atoms with Gasteiger partial charge in [0.1, 0.15) is 0 Å². The van der Waals surface area contributed by atoms with Crippen LogP contribution < -0.4 is 0 Å². The molecular weight excluding hydrogens is 290 g/mol. The van der Waals surface area contributed by atoms with Crippen molar-refractivity contribution in [1.29, 1.82) is 0 Å². The van der Waals surface area contributed by atoms with E-state index in [9.17, 15) is 0 Å². The summed E-state index contributed by atoms with van der Waals surface area (Å²) in [5, 5.41) is 0. The molecule has 4 aromatic rings. The number of aryl methyl sites for hydroxylation is 1. The van der Waals surface area contributed by atoms with Crippen molar-refractivity contribution in [2.45, 2.75) is 6.92 Å². The summed E-state index contributed by atoms with van der Waals surface area (Å²) in [6.45, 7) is 2.12. The van der Waals surface area contributed by atoms with Crippen LogP contribution >= 0.6 is 0 Å². The summed E-state index contributed by atoms with van der Waals surface area (Å²) in [4.78, 5) is 3.63. The van der Waals surface area contributed by atoms with Gasteiger partial charge in [-0.15, -0.1) is 0 Å². The van der Waals surface area contributed by atoms with Crippen LogP contribution in [0.5, 0.6) is 0 Å². The van der Waals surface area contributed by atoms with Crippen LogP contribution in [0, 0.1) is 6.92 Å². The van der Waals surface area contributed by atoms with Gasteiger partial charge in [-0.25, -0.2) is 0 Å². The number of benzene rings is 3. The molecule has 0 spiro atoms. The number of hydrogen-bond donors (Lipinski definition) is 1. The molecule has 0 radical (unpaired) electrons. The standard InChI is InChI=1S/C23H19N/c1-17-12-14-18(15-13-17)21-16-22(19-8-4-2-5-9-19)24-23(21)20-10-6-3-7-11-20/h2-16,24H,1H3. The van der Waals surface area contributed by atoms with Gasteiger partial charge in [0.15, 0.2) is 0 Å². The average molecular weight is 309 g/mol. The molecule has 4 rings (SSSR count). The van der Waals surface area contributed by atoms with Crippen molar-refractivity contribution in [3.05, 3.63) is 96.6 Å². The second kappa shape index (κ2) is 6.21. The molecule has 0 aliphatic rings. The molecule has 1 heteroatoms. The number of rotatable bonds is 3. The highest BCUT2D eigenvalue weighted by Crippen LogP contribution is 2.35. The van der Waals surface area contributed by atoms with Crippen molar-refractivity contribution in [1.82, 2.24) is 4.98 Å². The van der Waals surface area contributed by atoms with Gasteiger partial charge in [-0.05, 0) is 29.7 Å². The zero-order valence-corrected chi connectivity index (χ0v) is 13.7. The molecule has 0 fully saturated rings. The Morgan fingerprint density at radius 3 is 1.79 bits per heavy atom. The third kappa shape index (κ3) is 2.77. The first kappa shape index (κ1) is 14.5. The van der Waals surface area contributed by atoms with Crippen LogP contribution in [-0.4, -0.2) is 4.98 Å². The summed E-state index contributed by atoms with van der Waals surface area (Å²) in [5.74, 6) is 0. The first-order valence-electron chi connectivity index (χ1n) is 8.22. The Kier molecular flexibility index (Phi) is 3.76. The summed E-state index contributed by atoms with van der Waals surface area (Å²) in [6.07, 6.45) is 0. The molecule has 0 amide bonds. The van der Waals surface area contributed by atoms with Gasteiger partial charge < -0.3 is 4.98 Å². The molecule has 0 atom stereocenters. The van der Waals surface area contributed by atoms with Crippen molar-refractivity contribution in [3.63, 3.8) is 0 Å². The van der Waals surface area contributed by atoms with E-state index in [0.29, 0.717) is 0 Å². The SMILES string of the molecule is Cc1ccc(-c2cc(-c3ccccc3)[nH]c2-c2ccccc2)cc1. The van der Waals surface area contributed by atoms with Crippen LogP contribution in [0.4, 0.5) is 0 Å². The lowest BCUT2D eigenvalue weighted by Gasteiger charge is -2.05. The minimum absolute atomic E-state index is 1.14. The highest BCUT2D eigenvalue weighted by molar-refractivity contribution is 5.85. The minimum Gasteiger partial charge on any atom is -0.354 e. The van der Waals surface area contributed by atoms with Gasteiger partial charge >= 0.3 is 0 Å². The number of aromatic nitrogens is 1. The normalized spacial score (nSPS) is 10.7. The Labute approximate surface area is 142 Å². The molecule has 0 bridgehead atoms. The van der Waals surface area contributed by atoms with Gasteiger partial charge in [-0.3, -0.25) is 0 Å². The quantitative estimate of drug-likeness (QED) is 0.455. The molecule has 3 aromatic carbocycles. The molecule has 0 aliphatic carbocycles. The van der Waals surface area contributed by atoms with E-state index in [0.717, 1.165) is 5.69 Å². The van der Waals surface area contributed by atoms with E-state index in [-0.39, 0.29) is 0 Å². The van der Waals surface area contributed by atoms with Gasteiger partial charge in [-0.1, -0.05) is 90.5 Å². The molecule has 0 saturated carbocycles. The summed E-state index contributed by atoms with van der Waals surface area (Å²) in [6, 6.07) is 32.0. The fourth-order valence-electron chi connectivity index (χ4n) is 3.02. The van der Waals surface area contributed by atoms with Crippen molar-refractivity contribution in [2.24, 2.45) is 0 Å². The van der Waals surface area contributed by atoms with Crippen molar-refractivity contribution < 1.29 is 0 Å². The number of aromatic amines is 1. The third-order valence-corrected chi connectivity index (χ3v) is 4.33. The van der Waals surface area contributed by atoms with E-state index < -0.39 is 0 Å². The van der Waals surface area contributed by atoms with E-state index in [2.05, 4.69) is 96.8 Å². The van der Waals surface area contributed by atoms with E-state index >= 15 is 0 Å². The van der Waals surface area contributed by atoms with Gasteiger partial charge in [0, 0.05) is 11.3 Å². The van der Waals surface area contributed by atoms with Crippen LogP contribution in [0.25, 0.3) is 33.6 Å². The molecule has 0 aliphatic heterocycles. The third-order valence-electron chi connectivity index (χ3n) is 4.33. The Balaban J connectivity index is 1.90. The number of hydrogen-bond acceptors (Lipinski definition) is 0. The summed E-state index contributed by atoms with van der Waals surface area (Å²) >= 11 is 0. The van der Waals surface area contributed by atoms with Gasteiger partial charge in [0.05, 0.1) is 5.69 Å². The van der Waals surface area contributed by atoms with Gasteiger partial charge in [0.25, 0.3) is 0 Å². The Bertz CT molecular complexity index is 933. The predicted octanol–water partition coefficient (Wildman–Crippen LogP) is 6.32. The molecule has 1 aromatic heterocycles. The lowest BCUT2D eigenvalue weighted by atomic mass is 10.0. The molecular formula is C23H19N. The highest BCUT2D eigenvalue weighted by Gasteiger charge is 2.13. The van der Waals surface area contributed by atoms with E-state index in [1.807, 2.05) is 6.07 Å². The maximum Gasteiger partial charge on any atom is 0.0538 e. The van der Waals surface area contributed by atoms with Crippen molar-refractivity contribution in [3.8, 4) is 33.6 Å². The van der Waals surface area contributed by atoms with Crippen molar-refractivity contribution in [2.75, 3.05) is 0 Å². The van der Waals surface area contributed by atoms with Gasteiger partial charge in [-0.2, -0.15) is 0 Å². The Hall–Kier alpha value is -3.06. The minimum atomic E-state index is 1.14. The Morgan fingerprint density at radius 2 is 1.17 bits per heavy atom. The van der Waals surface area contributed by atoms with Crippen LogP contribution in [0.2, 0.25) is 0 Å². The summed E-state index contributed by atoms with van der Waals surface area (Å²) < 4.78 is 0. The highest BCUT2D eigenvalue weighted by atomic mass is 14.7. The molecule has 0 saturated heterocycles. The van der Waals surface area contributed by atoms with Crippen LogP contribution in [0.15, 0.2) is 91.0 Å². The van der Waals surface area contributed by atoms with Crippen LogP contribution in [0.1, 0.15) is 5.56 Å². The fraction of sp³-hybridized carbons (Fsp3) is 0.0435. The summed E-state index contributed by atoms with van der Waals surface area (Å²) in [5.41, 5.74) is 8.46. The van der Waals surface area contributed by atoms with E-state index in [4.69, 9.17) is 0 Å². The van der Waals surface area contributed by atoms with E-state index in [1.165, 1.54) is 33.5 Å². The smallest absolute Gasteiger partial charge is 0.0538 e.